The molecule has 2 N–H and O–H groups in total. The molecule has 2 aliphatic rings. The molecule has 9 heteroatoms. The number of aliphatic carboxylic acids is 1. The van der Waals surface area contributed by atoms with E-state index < -0.39 is 17.8 Å². The van der Waals surface area contributed by atoms with Crippen molar-refractivity contribution in [2.45, 2.75) is 13.3 Å². The Balaban J connectivity index is 2.26. The van der Waals surface area contributed by atoms with Gasteiger partial charge in [-0.05, 0) is 24.5 Å². The Morgan fingerprint density at radius 2 is 2.20 bits per heavy atom. The summed E-state index contributed by atoms with van der Waals surface area (Å²) in [5, 5.41) is 12.9. The first-order valence-electron chi connectivity index (χ1n) is 5.60. The zero-order valence-corrected chi connectivity index (χ0v) is 12.8. The van der Waals surface area contributed by atoms with Crippen LogP contribution < -0.4 is 5.32 Å². The number of carboxylic acid groups (broad SMARTS) is 1. The van der Waals surface area contributed by atoms with Crippen molar-refractivity contribution in [2.75, 3.05) is 6.54 Å². The second kappa shape index (κ2) is 5.98. The second-order valence-corrected chi connectivity index (χ2v) is 6.51. The standard InChI is InChI=1S/C11H10N2O4S3/c1-2-13-9(17)7(8(16)12-11(13)18)10-19-4-5(20-10)3-6(14)15/h4H,2-3H2,1H3,(H,14,15)(H,12,16,18)/b10-7-. The minimum Gasteiger partial charge on any atom is -0.481 e. The van der Waals surface area contributed by atoms with Crippen LogP contribution in [0.1, 0.15) is 13.3 Å². The second-order valence-electron chi connectivity index (χ2n) is 3.85. The van der Waals surface area contributed by atoms with Gasteiger partial charge >= 0.3 is 5.97 Å². The van der Waals surface area contributed by atoms with Crippen LogP contribution in [-0.2, 0) is 14.4 Å². The molecule has 0 radical (unpaired) electrons. The van der Waals surface area contributed by atoms with E-state index in [4.69, 9.17) is 17.3 Å². The number of hydrogen-bond donors (Lipinski definition) is 2. The molecule has 2 heterocycles. The van der Waals surface area contributed by atoms with Crippen molar-refractivity contribution in [3.8, 4) is 0 Å². The lowest BCUT2D eigenvalue weighted by atomic mass is 10.2. The first kappa shape index (κ1) is 15.1. The molecule has 0 bridgehead atoms. The van der Waals surface area contributed by atoms with Crippen molar-refractivity contribution in [3.05, 3.63) is 20.1 Å². The van der Waals surface area contributed by atoms with Crippen LogP contribution >= 0.6 is 35.7 Å². The van der Waals surface area contributed by atoms with Crippen molar-refractivity contribution in [1.82, 2.24) is 10.2 Å². The van der Waals surface area contributed by atoms with Crippen molar-refractivity contribution in [3.63, 3.8) is 0 Å². The lowest BCUT2D eigenvalue weighted by Crippen LogP contribution is -2.54. The van der Waals surface area contributed by atoms with Gasteiger partial charge in [0.15, 0.2) is 5.11 Å². The van der Waals surface area contributed by atoms with E-state index in [1.807, 2.05) is 0 Å². The number of carbonyl (C=O) groups is 3. The predicted octanol–water partition coefficient (Wildman–Crippen LogP) is 1.26. The summed E-state index contributed by atoms with van der Waals surface area (Å²) in [7, 11) is 0. The van der Waals surface area contributed by atoms with Gasteiger partial charge < -0.3 is 5.11 Å². The fourth-order valence-corrected chi connectivity index (χ4v) is 4.28. The number of hydrogen-bond acceptors (Lipinski definition) is 6. The highest BCUT2D eigenvalue weighted by atomic mass is 32.2. The van der Waals surface area contributed by atoms with E-state index >= 15 is 0 Å². The van der Waals surface area contributed by atoms with Crippen molar-refractivity contribution >= 4 is 58.6 Å². The third-order valence-corrected chi connectivity index (χ3v) is 5.26. The van der Waals surface area contributed by atoms with Crippen LogP contribution in [0.5, 0.6) is 0 Å². The van der Waals surface area contributed by atoms with E-state index in [1.165, 1.54) is 16.7 Å². The summed E-state index contributed by atoms with van der Waals surface area (Å²) in [6.45, 7) is 2.12. The molecule has 0 atom stereocenters. The third kappa shape index (κ3) is 2.89. The first-order valence-corrected chi connectivity index (χ1v) is 7.71. The zero-order valence-electron chi connectivity index (χ0n) is 10.3. The minimum absolute atomic E-state index is 0.0205. The predicted molar refractivity (Wildman–Crippen MR) is 80.7 cm³/mol. The van der Waals surface area contributed by atoms with E-state index in [2.05, 4.69) is 5.32 Å². The topological polar surface area (TPSA) is 86.7 Å². The van der Waals surface area contributed by atoms with Gasteiger partial charge in [-0.15, -0.1) is 0 Å². The lowest BCUT2D eigenvalue weighted by molar-refractivity contribution is -0.136. The van der Waals surface area contributed by atoms with Crippen molar-refractivity contribution < 1.29 is 19.5 Å². The Bertz CT molecular complexity index is 582. The fraction of sp³-hybridized carbons (Fsp3) is 0.273. The number of carbonyl (C=O) groups excluding carboxylic acids is 2. The molecule has 0 aromatic carbocycles. The monoisotopic (exact) mass is 330 g/mol. The van der Waals surface area contributed by atoms with Crippen LogP contribution in [0.2, 0.25) is 0 Å². The number of nitrogens with zero attached hydrogens (tertiary/aromatic N) is 1. The average molecular weight is 330 g/mol. The number of carboxylic acids is 1. The normalized spacial score (nSPS) is 22.9. The zero-order chi connectivity index (χ0) is 14.9. The maximum atomic E-state index is 12.2. The number of thiocarbonyl (C=S) groups is 1. The molecule has 20 heavy (non-hydrogen) atoms. The molecule has 0 aromatic rings. The van der Waals surface area contributed by atoms with Gasteiger partial charge in [0.05, 0.1) is 10.7 Å². The molecule has 0 saturated carbocycles. The molecule has 1 saturated heterocycles. The van der Waals surface area contributed by atoms with E-state index in [-0.39, 0.29) is 17.1 Å². The summed E-state index contributed by atoms with van der Waals surface area (Å²) < 4.78 is 0.490. The summed E-state index contributed by atoms with van der Waals surface area (Å²) in [6, 6.07) is 0. The van der Waals surface area contributed by atoms with Gasteiger partial charge in [-0.1, -0.05) is 23.5 Å². The largest absolute Gasteiger partial charge is 0.481 e. The summed E-state index contributed by atoms with van der Waals surface area (Å²) in [6.07, 6.45) is -0.125. The quantitative estimate of drug-likeness (QED) is 0.457. The Kier molecular flexibility index (Phi) is 4.51. The van der Waals surface area contributed by atoms with Crippen LogP contribution in [0.4, 0.5) is 0 Å². The first-order chi connectivity index (χ1) is 9.43. The SMILES string of the molecule is CCN1C(=O)/C(=C2/SC=C(CC(=O)O)S2)C(=O)NC1=S. The van der Waals surface area contributed by atoms with E-state index in [0.29, 0.717) is 15.7 Å². The highest BCUT2D eigenvalue weighted by Crippen LogP contribution is 2.47. The van der Waals surface area contributed by atoms with E-state index in [1.54, 1.807) is 12.3 Å². The molecule has 0 spiro atoms. The molecule has 0 unspecified atom stereocenters. The average Bonchev–Trinajstić information content (AvgIpc) is 2.76. The molecule has 1 fully saturated rings. The van der Waals surface area contributed by atoms with Gasteiger partial charge in [-0.2, -0.15) is 0 Å². The van der Waals surface area contributed by atoms with Gasteiger partial charge in [0.1, 0.15) is 5.57 Å². The number of rotatable bonds is 3. The van der Waals surface area contributed by atoms with Crippen molar-refractivity contribution in [1.29, 1.82) is 0 Å². The van der Waals surface area contributed by atoms with Crippen molar-refractivity contribution in [2.24, 2.45) is 0 Å². The Hall–Kier alpha value is -1.32. The molecular formula is C11H10N2O4S3. The summed E-state index contributed by atoms with van der Waals surface area (Å²) in [4.78, 5) is 36.7. The van der Waals surface area contributed by atoms with E-state index in [9.17, 15) is 14.4 Å². The number of amides is 2. The maximum absolute atomic E-state index is 12.2. The van der Waals surface area contributed by atoms with Gasteiger partial charge in [-0.25, -0.2) is 0 Å². The van der Waals surface area contributed by atoms with Crippen LogP contribution in [0, 0.1) is 0 Å². The van der Waals surface area contributed by atoms with Crippen LogP contribution in [-0.4, -0.2) is 39.4 Å². The fourth-order valence-electron chi connectivity index (χ4n) is 1.64. The smallest absolute Gasteiger partial charge is 0.308 e. The minimum atomic E-state index is -0.952. The molecular weight excluding hydrogens is 320 g/mol. The maximum Gasteiger partial charge on any atom is 0.308 e. The summed E-state index contributed by atoms with van der Waals surface area (Å²) in [5.74, 6) is -1.93. The Morgan fingerprint density at radius 3 is 2.80 bits per heavy atom. The van der Waals surface area contributed by atoms with Crippen LogP contribution in [0.15, 0.2) is 20.1 Å². The van der Waals surface area contributed by atoms with Crippen LogP contribution in [0.25, 0.3) is 0 Å². The van der Waals surface area contributed by atoms with Gasteiger partial charge in [0.25, 0.3) is 11.8 Å². The molecule has 106 valence electrons. The number of likely N-dealkylation sites (N-methyl/N-ethyl adjacent to an activating group) is 1. The van der Waals surface area contributed by atoms with Gasteiger partial charge in [-0.3, -0.25) is 24.6 Å². The molecule has 2 amide bonds. The molecule has 2 aliphatic heterocycles. The Labute approximate surface area is 128 Å². The summed E-state index contributed by atoms with van der Waals surface area (Å²) in [5.41, 5.74) is 0.0205. The lowest BCUT2D eigenvalue weighted by Gasteiger charge is -2.28. The van der Waals surface area contributed by atoms with Gasteiger partial charge in [0.2, 0.25) is 0 Å². The molecule has 0 aromatic heterocycles. The molecule has 2 rings (SSSR count). The third-order valence-electron chi connectivity index (χ3n) is 2.52. The Morgan fingerprint density at radius 1 is 1.50 bits per heavy atom. The molecule has 0 aliphatic carbocycles. The highest BCUT2D eigenvalue weighted by Gasteiger charge is 2.36. The van der Waals surface area contributed by atoms with E-state index in [0.717, 1.165) is 11.8 Å². The number of nitrogens with one attached hydrogen (secondary N) is 1. The molecule has 6 nitrogen and oxygen atoms in total. The van der Waals surface area contributed by atoms with Gasteiger partial charge in [0, 0.05) is 11.4 Å². The summed E-state index contributed by atoms with van der Waals surface area (Å²) >= 11 is 7.26. The van der Waals surface area contributed by atoms with Crippen LogP contribution in [0.3, 0.4) is 0 Å². The highest BCUT2D eigenvalue weighted by molar-refractivity contribution is 8.28. The number of thioether (sulfide) groups is 2.